The van der Waals surface area contributed by atoms with Crippen LogP contribution in [0.25, 0.3) is 21.1 Å². The van der Waals surface area contributed by atoms with Crippen LogP contribution in [-0.2, 0) is 15.5 Å². The molecule has 1 aliphatic heterocycles. The molecule has 1 amide bonds. The third kappa shape index (κ3) is 4.28. The smallest absolute Gasteiger partial charge is 0.263 e. The lowest BCUT2D eigenvalue weighted by atomic mass is 10.1. The maximum Gasteiger partial charge on any atom is 0.263 e. The number of hydrogen-bond donors (Lipinski definition) is 3. The van der Waals surface area contributed by atoms with Gasteiger partial charge in [0.15, 0.2) is 0 Å². The quantitative estimate of drug-likeness (QED) is 0.357. The second kappa shape index (κ2) is 8.04. The summed E-state index contributed by atoms with van der Waals surface area (Å²) < 4.78 is 26.4. The second-order valence-corrected chi connectivity index (χ2v) is 11.5. The predicted octanol–water partition coefficient (Wildman–Crippen LogP) is 3.80. The molecule has 170 valence electrons. The molecule has 10 nitrogen and oxygen atoms in total. The van der Waals surface area contributed by atoms with Gasteiger partial charge in [-0.15, -0.1) is 11.3 Å². The molecule has 0 radical (unpaired) electrons. The van der Waals surface area contributed by atoms with E-state index in [2.05, 4.69) is 30.6 Å². The lowest BCUT2D eigenvalue weighted by Crippen LogP contribution is -2.34. The highest BCUT2D eigenvalue weighted by Crippen LogP contribution is 2.40. The molecule has 33 heavy (non-hydrogen) atoms. The zero-order valence-corrected chi connectivity index (χ0v) is 19.9. The topological polar surface area (TPSA) is 143 Å². The Labute approximate surface area is 197 Å². The number of aromatic nitrogens is 4. The molecule has 1 aliphatic rings. The van der Waals surface area contributed by atoms with Crippen molar-refractivity contribution in [3.8, 4) is 11.8 Å². The van der Waals surface area contributed by atoms with Crippen LogP contribution in [0.4, 0.5) is 5.69 Å². The Morgan fingerprint density at radius 2 is 2.12 bits per heavy atom. The maximum absolute atomic E-state index is 12.6. The molecule has 0 spiro atoms. The minimum Gasteiger partial charge on any atom is -0.419 e. The van der Waals surface area contributed by atoms with Crippen molar-refractivity contribution in [1.29, 1.82) is 4.78 Å². The van der Waals surface area contributed by atoms with Crippen molar-refractivity contribution in [2.45, 2.75) is 18.7 Å². The van der Waals surface area contributed by atoms with Crippen molar-refractivity contribution < 1.29 is 13.7 Å². The lowest BCUT2D eigenvalue weighted by molar-refractivity contribution is 0.0949. The normalized spacial score (nSPS) is 17.7. The van der Waals surface area contributed by atoms with Gasteiger partial charge in [-0.05, 0) is 30.7 Å². The number of carbonyl (C=O) groups excluding carboxylic acids is 1. The Balaban J connectivity index is 1.57. The summed E-state index contributed by atoms with van der Waals surface area (Å²) in [7, 11) is -2.86. The first kappa shape index (κ1) is 21.7. The number of benzene rings is 1. The fraction of sp³-hybridized carbons (Fsp3) is 0.250. The van der Waals surface area contributed by atoms with Crippen molar-refractivity contribution in [3.05, 3.63) is 40.3 Å². The van der Waals surface area contributed by atoms with E-state index in [0.717, 1.165) is 15.8 Å². The summed E-state index contributed by atoms with van der Waals surface area (Å²) in [6.07, 6.45) is 4.17. The van der Waals surface area contributed by atoms with E-state index in [9.17, 15) is 9.00 Å². The highest BCUT2D eigenvalue weighted by atomic mass is 35.5. The molecular weight excluding hydrogens is 486 g/mol. The van der Waals surface area contributed by atoms with Crippen LogP contribution in [0.5, 0.6) is 11.8 Å². The molecule has 2 atom stereocenters. The molecule has 1 aromatic carbocycles. The Kier molecular flexibility index (Phi) is 5.30. The van der Waals surface area contributed by atoms with Crippen LogP contribution in [0.2, 0.25) is 5.28 Å². The molecule has 0 saturated carbocycles. The van der Waals surface area contributed by atoms with Crippen LogP contribution in [-0.4, -0.2) is 48.9 Å². The summed E-state index contributed by atoms with van der Waals surface area (Å²) >= 11 is 7.31. The number of hydrogen-bond acceptors (Lipinski definition) is 10. The number of nitrogens with one attached hydrogen (secondary N) is 3. The SMILES string of the molecule is C[C@@H]1CNc2c(sc3ccc4nc(Oc5nc(Cl)ncc5CS(C)(=N)=O)cnc4c23)C(=O)N1. The number of ether oxygens (including phenoxy) is 1. The summed E-state index contributed by atoms with van der Waals surface area (Å²) in [4.78, 5) is 30.3. The van der Waals surface area contributed by atoms with Gasteiger partial charge in [0.05, 0.1) is 28.7 Å². The van der Waals surface area contributed by atoms with Crippen LogP contribution in [0.15, 0.2) is 24.5 Å². The van der Waals surface area contributed by atoms with Crippen molar-refractivity contribution in [3.63, 3.8) is 0 Å². The number of amides is 1. The second-order valence-electron chi connectivity index (χ2n) is 7.80. The summed E-state index contributed by atoms with van der Waals surface area (Å²) in [6, 6.07) is 3.71. The molecule has 0 aliphatic carbocycles. The van der Waals surface area contributed by atoms with Gasteiger partial charge in [0.2, 0.25) is 17.0 Å². The number of nitrogens with zero attached hydrogens (tertiary/aromatic N) is 4. The predicted molar refractivity (Wildman–Crippen MR) is 128 cm³/mol. The van der Waals surface area contributed by atoms with Gasteiger partial charge in [0.1, 0.15) is 4.88 Å². The monoisotopic (exact) mass is 503 g/mol. The van der Waals surface area contributed by atoms with E-state index in [1.807, 2.05) is 19.1 Å². The molecule has 13 heteroatoms. The third-order valence-corrected chi connectivity index (χ3v) is 7.14. The maximum atomic E-state index is 12.6. The summed E-state index contributed by atoms with van der Waals surface area (Å²) in [5.74, 6) is 0.0307. The fourth-order valence-corrected chi connectivity index (χ4v) is 5.58. The Morgan fingerprint density at radius 3 is 2.91 bits per heavy atom. The number of anilines is 1. The highest BCUT2D eigenvalue weighted by Gasteiger charge is 2.25. The van der Waals surface area contributed by atoms with Crippen molar-refractivity contribution in [1.82, 2.24) is 25.3 Å². The molecule has 5 rings (SSSR count). The van der Waals surface area contributed by atoms with E-state index in [1.165, 1.54) is 30.0 Å². The molecule has 3 aromatic heterocycles. The van der Waals surface area contributed by atoms with Gasteiger partial charge in [-0.2, -0.15) is 4.98 Å². The van der Waals surface area contributed by atoms with Gasteiger partial charge in [-0.1, -0.05) is 0 Å². The minimum atomic E-state index is -2.86. The van der Waals surface area contributed by atoms with E-state index >= 15 is 0 Å². The van der Waals surface area contributed by atoms with E-state index in [0.29, 0.717) is 28.0 Å². The van der Waals surface area contributed by atoms with Crippen LogP contribution in [0.3, 0.4) is 0 Å². The van der Waals surface area contributed by atoms with Crippen LogP contribution < -0.4 is 15.4 Å². The van der Waals surface area contributed by atoms with Crippen molar-refractivity contribution >= 4 is 65.4 Å². The first-order valence-electron chi connectivity index (χ1n) is 9.85. The van der Waals surface area contributed by atoms with E-state index in [1.54, 1.807) is 0 Å². The van der Waals surface area contributed by atoms with Crippen molar-refractivity contribution in [2.75, 3.05) is 18.1 Å². The first-order chi connectivity index (χ1) is 15.7. The van der Waals surface area contributed by atoms with Gasteiger partial charge in [0.25, 0.3) is 5.91 Å². The third-order valence-electron chi connectivity index (χ3n) is 4.94. The summed E-state index contributed by atoms with van der Waals surface area (Å²) in [6.45, 7) is 2.54. The summed E-state index contributed by atoms with van der Waals surface area (Å²) in [5.41, 5.74) is 2.34. The molecule has 3 N–H and O–H groups in total. The summed E-state index contributed by atoms with van der Waals surface area (Å²) in [5, 5.41) is 7.12. The lowest BCUT2D eigenvalue weighted by Gasteiger charge is -2.11. The Hall–Kier alpha value is -3.09. The minimum absolute atomic E-state index is 0.00336. The largest absolute Gasteiger partial charge is 0.419 e. The number of fused-ring (bicyclic) bond motifs is 5. The molecule has 0 bridgehead atoms. The van der Waals surface area contributed by atoms with Gasteiger partial charge < -0.3 is 15.4 Å². The van der Waals surface area contributed by atoms with Crippen LogP contribution >= 0.6 is 22.9 Å². The van der Waals surface area contributed by atoms with Gasteiger partial charge in [-0.3, -0.25) is 9.57 Å². The van der Waals surface area contributed by atoms with Gasteiger partial charge in [-0.25, -0.2) is 19.2 Å². The Bertz CT molecular complexity index is 1540. The number of carbonyl (C=O) groups is 1. The standard InChI is InChI=1S/C20H18ClN7O3S2/c1-9-5-23-16-14-12(32-17(16)18(29)26-9)4-3-11-15(14)24-7-13(27-11)31-19-10(8-33(2,22)30)6-25-20(21)28-19/h3-4,6-7,9,22-23H,5,8H2,1-2H3,(H,26,29)/t9-,33?/m1/s1. The van der Waals surface area contributed by atoms with Crippen LogP contribution in [0, 0.1) is 4.78 Å². The molecular formula is C20H18ClN7O3S2. The molecule has 0 saturated heterocycles. The molecule has 1 unspecified atom stereocenters. The first-order valence-corrected chi connectivity index (χ1v) is 13.2. The number of thiophene rings is 1. The average Bonchev–Trinajstić information content (AvgIpc) is 3.06. The molecule has 4 aromatic rings. The zero-order chi connectivity index (χ0) is 23.3. The Morgan fingerprint density at radius 1 is 1.30 bits per heavy atom. The molecule has 4 heterocycles. The fourth-order valence-electron chi connectivity index (χ4n) is 3.58. The zero-order valence-electron chi connectivity index (χ0n) is 17.5. The van der Waals surface area contributed by atoms with E-state index in [-0.39, 0.29) is 34.7 Å². The average molecular weight is 504 g/mol. The number of rotatable bonds is 4. The highest BCUT2D eigenvalue weighted by molar-refractivity contribution is 7.90. The molecule has 0 fully saturated rings. The van der Waals surface area contributed by atoms with Gasteiger partial charge >= 0.3 is 0 Å². The van der Waals surface area contributed by atoms with Crippen molar-refractivity contribution in [2.24, 2.45) is 0 Å². The van der Waals surface area contributed by atoms with E-state index < -0.39 is 9.73 Å². The number of halogens is 1. The van der Waals surface area contributed by atoms with E-state index in [4.69, 9.17) is 21.1 Å². The van der Waals surface area contributed by atoms with Gasteiger partial charge in [0, 0.05) is 50.4 Å². The van der Waals surface area contributed by atoms with Crippen LogP contribution in [0.1, 0.15) is 22.2 Å².